The second-order valence-electron chi connectivity index (χ2n) is 8.25. The Kier molecular flexibility index (Phi) is 5.83. The molecule has 3 aromatic heterocycles. The molecule has 0 saturated heterocycles. The van der Waals surface area contributed by atoms with Gasteiger partial charge in [-0.25, -0.2) is 9.78 Å². The molecule has 3 N–H and O–H groups in total. The van der Waals surface area contributed by atoms with E-state index in [2.05, 4.69) is 10.0 Å². The summed E-state index contributed by atoms with van der Waals surface area (Å²) in [6, 6.07) is 14.3. The average Bonchev–Trinajstić information content (AvgIpc) is 3.38. The molecule has 188 valence electrons. The van der Waals surface area contributed by atoms with Crippen LogP contribution in [0.15, 0.2) is 63.9 Å². The van der Waals surface area contributed by atoms with Gasteiger partial charge in [-0.15, -0.1) is 24.5 Å². The van der Waals surface area contributed by atoms with Gasteiger partial charge in [-0.1, -0.05) is 29.8 Å². The number of nitrogens with one attached hydrogen (secondary N) is 1. The van der Waals surface area contributed by atoms with Crippen LogP contribution in [0.5, 0.6) is 5.75 Å². The normalized spacial score (nSPS) is 11.7. The number of ether oxygens (including phenoxy) is 1. The second-order valence-corrected chi connectivity index (χ2v) is 9.25. The van der Waals surface area contributed by atoms with Gasteiger partial charge in [0, 0.05) is 23.1 Å². The van der Waals surface area contributed by atoms with E-state index in [4.69, 9.17) is 15.2 Å². The SMILES string of the molecule is Cc1ccc(-c2nc3sc(C(=O)c4c(=O)o[nH][n+]4-c4ccc(OC(F)(F)F)cc4)c(N)c3cc2C)cc1. The monoisotopic (exact) mass is 527 g/mol. The Morgan fingerprint density at radius 3 is 2.43 bits per heavy atom. The quantitative estimate of drug-likeness (QED) is 0.249. The molecule has 0 atom stereocenters. The first-order chi connectivity index (χ1) is 17.5. The molecule has 0 spiro atoms. The van der Waals surface area contributed by atoms with Crippen LogP contribution < -0.4 is 20.8 Å². The zero-order chi connectivity index (χ0) is 26.5. The zero-order valence-corrected chi connectivity index (χ0v) is 20.2. The molecule has 12 heteroatoms. The molecule has 0 amide bonds. The smallest absolute Gasteiger partial charge is 0.406 e. The number of carbonyl (C=O) groups is 1. The Hall–Kier alpha value is -4.45. The van der Waals surface area contributed by atoms with Crippen molar-refractivity contribution in [3.8, 4) is 22.7 Å². The first kappa shape index (κ1) is 24.3. The van der Waals surface area contributed by atoms with Crippen LogP contribution in [0.4, 0.5) is 18.9 Å². The summed E-state index contributed by atoms with van der Waals surface area (Å²) in [6.45, 7) is 3.88. The molecule has 5 aromatic rings. The molecule has 0 aliphatic carbocycles. The van der Waals surface area contributed by atoms with Crippen molar-refractivity contribution in [2.24, 2.45) is 0 Å². The fourth-order valence-electron chi connectivity index (χ4n) is 3.87. The van der Waals surface area contributed by atoms with Gasteiger partial charge in [-0.2, -0.15) is 0 Å². The highest BCUT2D eigenvalue weighted by atomic mass is 32.1. The Bertz CT molecular complexity index is 1700. The van der Waals surface area contributed by atoms with E-state index in [0.29, 0.717) is 10.2 Å². The Morgan fingerprint density at radius 2 is 1.78 bits per heavy atom. The van der Waals surface area contributed by atoms with Crippen LogP contribution in [0.25, 0.3) is 27.2 Å². The number of ketones is 1. The third-order valence-electron chi connectivity index (χ3n) is 5.63. The van der Waals surface area contributed by atoms with Crippen molar-refractivity contribution < 1.29 is 31.9 Å². The lowest BCUT2D eigenvalue weighted by Gasteiger charge is -2.07. The van der Waals surface area contributed by atoms with Gasteiger partial charge in [0.1, 0.15) is 15.5 Å². The number of thiophene rings is 1. The fourth-order valence-corrected chi connectivity index (χ4v) is 4.88. The number of nitrogens with two attached hydrogens (primary N) is 1. The molecule has 0 saturated carbocycles. The number of aromatic nitrogens is 3. The van der Waals surface area contributed by atoms with Gasteiger partial charge in [-0.3, -0.25) is 9.32 Å². The highest BCUT2D eigenvalue weighted by Crippen LogP contribution is 2.36. The first-order valence-electron chi connectivity index (χ1n) is 10.8. The van der Waals surface area contributed by atoms with Crippen LogP contribution in [0.2, 0.25) is 0 Å². The van der Waals surface area contributed by atoms with Crippen molar-refractivity contribution in [1.82, 2.24) is 10.3 Å². The van der Waals surface area contributed by atoms with Crippen LogP contribution in [0.1, 0.15) is 26.5 Å². The molecule has 8 nitrogen and oxygen atoms in total. The van der Waals surface area contributed by atoms with Crippen molar-refractivity contribution in [1.29, 1.82) is 0 Å². The van der Waals surface area contributed by atoms with E-state index in [0.717, 1.165) is 50.5 Å². The van der Waals surface area contributed by atoms with Gasteiger partial charge >= 0.3 is 17.7 Å². The number of H-pyrrole nitrogens is 1. The topological polar surface area (TPSA) is 115 Å². The summed E-state index contributed by atoms with van der Waals surface area (Å²) in [5, 5.41) is 2.87. The molecular formula is C25H18F3N4O4S+. The van der Waals surface area contributed by atoms with E-state index in [9.17, 15) is 22.8 Å². The largest absolute Gasteiger partial charge is 0.573 e. The predicted molar refractivity (Wildman–Crippen MR) is 130 cm³/mol. The number of nitrogens with zero attached hydrogens (tertiary/aromatic N) is 2. The van der Waals surface area contributed by atoms with Gasteiger partial charge in [0.15, 0.2) is 0 Å². The van der Waals surface area contributed by atoms with Gasteiger partial charge in [0.25, 0.3) is 5.78 Å². The Morgan fingerprint density at radius 1 is 1.11 bits per heavy atom. The van der Waals surface area contributed by atoms with Crippen molar-refractivity contribution >= 4 is 33.0 Å². The van der Waals surface area contributed by atoms with Gasteiger partial charge in [0.05, 0.1) is 11.4 Å². The molecule has 3 heterocycles. The van der Waals surface area contributed by atoms with Crippen molar-refractivity contribution in [3.05, 3.63) is 86.7 Å². The summed E-state index contributed by atoms with van der Waals surface area (Å²) in [5.74, 6) is -1.18. The molecular weight excluding hydrogens is 509 g/mol. The number of anilines is 1. The fraction of sp³-hybridized carbons (Fsp3) is 0.120. The Balaban J connectivity index is 1.55. The number of benzene rings is 2. The molecule has 0 radical (unpaired) electrons. The van der Waals surface area contributed by atoms with Crippen molar-refractivity contribution in [3.63, 3.8) is 0 Å². The molecule has 0 fully saturated rings. The summed E-state index contributed by atoms with van der Waals surface area (Å²) in [4.78, 5) is 31.3. The third-order valence-corrected chi connectivity index (χ3v) is 6.75. The van der Waals surface area contributed by atoms with Gasteiger partial charge in [0.2, 0.25) is 5.69 Å². The minimum Gasteiger partial charge on any atom is -0.406 e. The number of aryl methyl sites for hydroxylation is 2. The van der Waals surface area contributed by atoms with Gasteiger partial charge in [-0.05, 0) is 47.6 Å². The summed E-state index contributed by atoms with van der Waals surface area (Å²) >= 11 is 1.03. The molecule has 0 aliphatic heterocycles. The summed E-state index contributed by atoms with van der Waals surface area (Å²) < 4.78 is 47.1. The minimum absolute atomic E-state index is 0.0839. The van der Waals surface area contributed by atoms with E-state index in [1.807, 2.05) is 44.2 Å². The maximum atomic E-state index is 13.5. The summed E-state index contributed by atoms with van der Waals surface area (Å²) in [7, 11) is 0. The van der Waals surface area contributed by atoms with E-state index < -0.39 is 29.2 Å². The van der Waals surface area contributed by atoms with E-state index in [1.54, 1.807) is 0 Å². The number of hydrogen-bond acceptors (Lipinski definition) is 7. The lowest BCUT2D eigenvalue weighted by Crippen LogP contribution is -2.41. The zero-order valence-electron chi connectivity index (χ0n) is 19.3. The maximum absolute atomic E-state index is 13.5. The highest BCUT2D eigenvalue weighted by Gasteiger charge is 2.35. The van der Waals surface area contributed by atoms with Crippen molar-refractivity contribution in [2.75, 3.05) is 5.73 Å². The van der Waals surface area contributed by atoms with Crippen LogP contribution in [0, 0.1) is 13.8 Å². The minimum atomic E-state index is -4.86. The van der Waals surface area contributed by atoms with Crippen molar-refractivity contribution in [2.45, 2.75) is 20.2 Å². The maximum Gasteiger partial charge on any atom is 0.573 e. The molecule has 0 aliphatic rings. The van der Waals surface area contributed by atoms with E-state index in [-0.39, 0.29) is 16.3 Å². The number of rotatable bonds is 5. The average molecular weight is 528 g/mol. The third kappa shape index (κ3) is 4.58. The van der Waals surface area contributed by atoms with Crippen LogP contribution in [-0.4, -0.2) is 22.4 Å². The highest BCUT2D eigenvalue weighted by molar-refractivity contribution is 7.21. The number of fused-ring (bicyclic) bond motifs is 1. The number of halogens is 3. The predicted octanol–water partition coefficient (Wildman–Crippen LogP) is 4.85. The summed E-state index contributed by atoms with van der Waals surface area (Å²) in [5.41, 5.74) is 8.89. The standard InChI is InChI=1S/C25H17F3N4O4S/c1-12-3-5-14(6-4-12)19-13(2)11-17-18(29)22(37-23(17)30-19)21(33)20-24(34)36-31-32(20)15-7-9-16(10-8-15)35-25(26,27)28/h3-11H,1-2H3,(H2-,29,31,33,34)/p+1. The van der Waals surface area contributed by atoms with Crippen LogP contribution >= 0.6 is 11.3 Å². The number of aromatic amines is 1. The van der Waals surface area contributed by atoms with E-state index in [1.165, 1.54) is 12.1 Å². The van der Waals surface area contributed by atoms with E-state index >= 15 is 0 Å². The van der Waals surface area contributed by atoms with Gasteiger partial charge < -0.3 is 10.5 Å². The Labute approximate surface area is 210 Å². The molecule has 37 heavy (non-hydrogen) atoms. The summed E-state index contributed by atoms with van der Waals surface area (Å²) in [6.07, 6.45) is -4.86. The number of carbonyl (C=O) groups excluding carboxylic acids is 1. The number of alkyl halides is 3. The molecule has 2 aromatic carbocycles. The first-order valence-corrected chi connectivity index (χ1v) is 11.6. The second kappa shape index (κ2) is 8.89. The number of hydrogen-bond donors (Lipinski definition) is 2. The molecule has 5 rings (SSSR count). The number of nitrogen functional groups attached to an aromatic ring is 1. The molecule has 0 unspecified atom stereocenters. The molecule has 0 bridgehead atoms. The number of pyridine rings is 1. The van der Waals surface area contributed by atoms with Crippen LogP contribution in [0.3, 0.4) is 0 Å². The lowest BCUT2D eigenvalue weighted by atomic mass is 10.0. The lowest BCUT2D eigenvalue weighted by molar-refractivity contribution is -0.672. The van der Waals surface area contributed by atoms with Crippen LogP contribution in [-0.2, 0) is 0 Å².